The third-order valence-corrected chi connectivity index (χ3v) is 9.96. The molecule has 0 spiro atoms. The molecule has 0 aromatic carbocycles. The van der Waals surface area contributed by atoms with Crippen molar-refractivity contribution in [1.82, 2.24) is 5.32 Å². The average Bonchev–Trinajstić information content (AvgIpc) is 2.81. The number of rotatable bonds is 5. The molecule has 3 fully saturated rings. The quantitative estimate of drug-likeness (QED) is 0.282. The molecule has 2 bridgehead atoms. The molecule has 11 heteroatoms. The number of nitrogens with one attached hydrogen (secondary N) is 1. The Morgan fingerprint density at radius 1 is 1.13 bits per heavy atom. The summed E-state index contributed by atoms with van der Waals surface area (Å²) in [6.45, 7) is 10.8. The summed E-state index contributed by atoms with van der Waals surface area (Å²) in [5.41, 5.74) is -4.48. The standard InChI is InChI=1S/C28H41NO10/c1-13-17-10-19(32)26(7)9-8-20-27(35,12-37-20)22(26)23(38-16(4)31)28(36,25(17,5)6)11-18(13)39-24(34)21(33)14(2)29-15(3)30/h14,18,20-23,33,35-36H,8-12H2,1-7H3,(H,29,30)/t14-,18-,20+,21+,22-,23?,26-,27-,28+/m0/s1. The predicted octanol–water partition coefficient (Wildman–Crippen LogP) is 0.712. The smallest absolute Gasteiger partial charge is 0.337 e. The van der Waals surface area contributed by atoms with Crippen molar-refractivity contribution in [3.8, 4) is 0 Å². The van der Waals surface area contributed by atoms with Gasteiger partial charge in [-0.1, -0.05) is 26.3 Å². The molecule has 1 amide bonds. The molecule has 218 valence electrons. The first-order valence-corrected chi connectivity index (χ1v) is 13.5. The van der Waals surface area contributed by atoms with Gasteiger partial charge in [0.1, 0.15) is 29.2 Å². The summed E-state index contributed by atoms with van der Waals surface area (Å²) >= 11 is 0. The van der Waals surface area contributed by atoms with Crippen LogP contribution in [0.5, 0.6) is 0 Å². The van der Waals surface area contributed by atoms with Gasteiger partial charge in [0.25, 0.3) is 0 Å². The molecule has 9 atom stereocenters. The molecule has 4 N–H and O–H groups in total. The van der Waals surface area contributed by atoms with E-state index in [0.29, 0.717) is 24.0 Å². The van der Waals surface area contributed by atoms with E-state index in [0.717, 1.165) is 0 Å². The normalized spacial score (nSPS) is 40.5. The first-order chi connectivity index (χ1) is 17.9. The lowest BCUT2D eigenvalue weighted by molar-refractivity contribution is -0.329. The summed E-state index contributed by atoms with van der Waals surface area (Å²) in [6, 6.07) is -0.931. The fourth-order valence-electron chi connectivity index (χ4n) is 7.44. The topological polar surface area (TPSA) is 169 Å². The third kappa shape index (κ3) is 4.42. The number of ketones is 1. The van der Waals surface area contributed by atoms with Crippen molar-refractivity contribution in [2.45, 2.75) is 116 Å². The SMILES string of the molecule is CC(=O)N[C@@H](C)[C@@H](O)C(=O)O[C@H]1C[C@@]2(O)C(OC(C)=O)[C@@H]3[C@]4(O)CO[C@@H]4CC[C@@]3(C)C(=O)CC(=C1C)C2(C)C. The van der Waals surface area contributed by atoms with Crippen LogP contribution in [0.1, 0.15) is 74.1 Å². The van der Waals surface area contributed by atoms with Gasteiger partial charge in [-0.3, -0.25) is 14.4 Å². The number of aliphatic hydroxyl groups excluding tert-OH is 1. The minimum Gasteiger partial charge on any atom is -0.459 e. The Morgan fingerprint density at radius 3 is 2.31 bits per heavy atom. The zero-order chi connectivity index (χ0) is 29.3. The van der Waals surface area contributed by atoms with E-state index < -0.39 is 76.3 Å². The number of amides is 1. The Balaban J connectivity index is 1.82. The Morgan fingerprint density at radius 2 is 1.77 bits per heavy atom. The van der Waals surface area contributed by atoms with E-state index in [4.69, 9.17) is 14.2 Å². The Hall–Kier alpha value is -2.34. The largest absolute Gasteiger partial charge is 0.459 e. The second kappa shape index (κ2) is 9.64. The van der Waals surface area contributed by atoms with Crippen LogP contribution in [-0.2, 0) is 33.4 Å². The van der Waals surface area contributed by atoms with Crippen molar-refractivity contribution in [3.05, 3.63) is 11.1 Å². The molecule has 1 aliphatic heterocycles. The van der Waals surface area contributed by atoms with Crippen LogP contribution in [0.15, 0.2) is 11.1 Å². The zero-order valence-corrected chi connectivity index (χ0v) is 23.7. The van der Waals surface area contributed by atoms with Gasteiger partial charge in [-0.2, -0.15) is 0 Å². The minimum absolute atomic E-state index is 0.0541. The number of Topliss-reactive ketones (excluding diaryl/α,β-unsaturated/α-hetero) is 1. The van der Waals surface area contributed by atoms with E-state index in [9.17, 15) is 34.5 Å². The molecular weight excluding hydrogens is 510 g/mol. The molecule has 0 aromatic heterocycles. The fourth-order valence-corrected chi connectivity index (χ4v) is 7.44. The number of carbonyl (C=O) groups is 4. The van der Waals surface area contributed by atoms with E-state index in [1.807, 2.05) is 0 Å². The molecule has 39 heavy (non-hydrogen) atoms. The average molecular weight is 552 g/mol. The van der Waals surface area contributed by atoms with Gasteiger partial charge < -0.3 is 34.8 Å². The Labute approximate surface area is 228 Å². The second-order valence-corrected chi connectivity index (χ2v) is 12.6. The van der Waals surface area contributed by atoms with Gasteiger partial charge in [-0.25, -0.2) is 4.79 Å². The number of carbonyl (C=O) groups excluding carboxylic acids is 4. The van der Waals surface area contributed by atoms with E-state index >= 15 is 0 Å². The maximum atomic E-state index is 14.0. The highest BCUT2D eigenvalue weighted by molar-refractivity contribution is 5.88. The van der Waals surface area contributed by atoms with Gasteiger partial charge in [0.05, 0.1) is 18.8 Å². The number of aliphatic hydroxyl groups is 3. The summed E-state index contributed by atoms with van der Waals surface area (Å²) in [4.78, 5) is 50.9. The van der Waals surface area contributed by atoms with Crippen LogP contribution in [0.25, 0.3) is 0 Å². The van der Waals surface area contributed by atoms with E-state index in [2.05, 4.69) is 5.32 Å². The Kier molecular flexibility index (Phi) is 7.33. The highest BCUT2D eigenvalue weighted by atomic mass is 16.6. The molecule has 4 aliphatic rings. The predicted molar refractivity (Wildman–Crippen MR) is 136 cm³/mol. The van der Waals surface area contributed by atoms with Crippen LogP contribution in [-0.4, -0.2) is 87.2 Å². The lowest BCUT2D eigenvalue weighted by Crippen LogP contribution is -2.77. The molecule has 1 unspecified atom stereocenters. The summed E-state index contributed by atoms with van der Waals surface area (Å²) in [6.07, 6.45) is -4.06. The van der Waals surface area contributed by atoms with Crippen LogP contribution in [0, 0.1) is 16.7 Å². The molecular formula is C28H41NO10. The van der Waals surface area contributed by atoms with Crippen molar-refractivity contribution in [1.29, 1.82) is 0 Å². The molecule has 1 saturated heterocycles. The fraction of sp³-hybridized carbons (Fsp3) is 0.786. The molecule has 2 saturated carbocycles. The van der Waals surface area contributed by atoms with Crippen molar-refractivity contribution in [2.75, 3.05) is 6.61 Å². The molecule has 0 radical (unpaired) electrons. The van der Waals surface area contributed by atoms with E-state index in [-0.39, 0.29) is 25.2 Å². The van der Waals surface area contributed by atoms with E-state index in [1.54, 1.807) is 27.7 Å². The molecule has 11 nitrogen and oxygen atoms in total. The number of hydrogen-bond donors (Lipinski definition) is 4. The summed E-state index contributed by atoms with van der Waals surface area (Å²) in [7, 11) is 0. The van der Waals surface area contributed by atoms with Crippen molar-refractivity contribution >= 4 is 23.6 Å². The van der Waals surface area contributed by atoms with Gasteiger partial charge in [0, 0.05) is 43.4 Å². The number of hydrogen-bond acceptors (Lipinski definition) is 10. The van der Waals surface area contributed by atoms with E-state index in [1.165, 1.54) is 20.8 Å². The highest BCUT2D eigenvalue weighted by Gasteiger charge is 2.73. The molecule has 0 aromatic rings. The zero-order valence-electron chi connectivity index (χ0n) is 23.7. The maximum Gasteiger partial charge on any atom is 0.337 e. The second-order valence-electron chi connectivity index (χ2n) is 12.6. The molecule has 1 heterocycles. The number of ether oxygens (including phenoxy) is 3. The first kappa shape index (κ1) is 29.6. The maximum absolute atomic E-state index is 14.0. The summed E-state index contributed by atoms with van der Waals surface area (Å²) < 4.78 is 17.2. The lowest BCUT2D eigenvalue weighted by atomic mass is 9.46. The molecule has 3 aliphatic carbocycles. The number of fused-ring (bicyclic) bond motifs is 5. The third-order valence-electron chi connectivity index (χ3n) is 9.96. The van der Waals surface area contributed by atoms with Crippen LogP contribution in [0.3, 0.4) is 0 Å². The first-order valence-electron chi connectivity index (χ1n) is 13.5. The summed E-state index contributed by atoms with van der Waals surface area (Å²) in [5, 5.41) is 37.4. The highest BCUT2D eigenvalue weighted by Crippen LogP contribution is 2.63. The van der Waals surface area contributed by atoms with Crippen LogP contribution in [0.2, 0.25) is 0 Å². The van der Waals surface area contributed by atoms with Crippen LogP contribution in [0.4, 0.5) is 0 Å². The Bertz CT molecular complexity index is 1120. The van der Waals surface area contributed by atoms with Gasteiger partial charge in [-0.05, 0) is 32.3 Å². The summed E-state index contributed by atoms with van der Waals surface area (Å²) in [5.74, 6) is -3.27. The van der Waals surface area contributed by atoms with Crippen molar-refractivity contribution in [3.63, 3.8) is 0 Å². The van der Waals surface area contributed by atoms with Crippen molar-refractivity contribution < 1.29 is 48.7 Å². The van der Waals surface area contributed by atoms with Gasteiger partial charge in [-0.15, -0.1) is 0 Å². The van der Waals surface area contributed by atoms with Gasteiger partial charge >= 0.3 is 11.9 Å². The lowest BCUT2D eigenvalue weighted by Gasteiger charge is -2.65. The van der Waals surface area contributed by atoms with Gasteiger partial charge in [0.2, 0.25) is 5.91 Å². The van der Waals surface area contributed by atoms with Crippen LogP contribution < -0.4 is 5.32 Å². The van der Waals surface area contributed by atoms with Crippen molar-refractivity contribution in [2.24, 2.45) is 16.7 Å². The molecule has 4 rings (SSSR count). The monoisotopic (exact) mass is 551 g/mol. The van der Waals surface area contributed by atoms with Gasteiger partial charge in [0.15, 0.2) is 6.10 Å². The van der Waals surface area contributed by atoms with Crippen LogP contribution >= 0.6 is 0 Å². The number of esters is 2. The minimum atomic E-state index is -1.87.